The molecule has 0 aliphatic heterocycles. The molecule has 0 aromatic rings. The second-order valence-electron chi connectivity index (χ2n) is 2.97. The standard InChI is InChI=1S/C6H17N3O5S2/c1-7-3-5-14-6-4-8-16(12,13)9-15(2,10)11/h7-9H,3-6H2,1-2H3. The lowest BCUT2D eigenvalue weighted by atomic mass is 10.7. The van der Waals surface area contributed by atoms with Crippen LogP contribution < -0.4 is 14.2 Å². The van der Waals surface area contributed by atoms with E-state index < -0.39 is 20.2 Å². The van der Waals surface area contributed by atoms with Crippen LogP contribution in [0, 0.1) is 0 Å². The lowest BCUT2D eigenvalue weighted by Crippen LogP contribution is -2.41. The van der Waals surface area contributed by atoms with E-state index in [1.54, 1.807) is 7.05 Å². The number of hydrogen-bond acceptors (Lipinski definition) is 6. The van der Waals surface area contributed by atoms with Gasteiger partial charge < -0.3 is 10.1 Å². The summed E-state index contributed by atoms with van der Waals surface area (Å²) in [6.07, 6.45) is 0.760. The number of likely N-dealkylation sites (N-methyl/N-ethyl adjacent to an activating group) is 1. The molecule has 0 atom stereocenters. The first-order valence-corrected chi connectivity index (χ1v) is 7.85. The van der Waals surface area contributed by atoms with E-state index in [0.717, 1.165) is 6.26 Å². The Morgan fingerprint density at radius 1 is 1.06 bits per heavy atom. The van der Waals surface area contributed by atoms with Gasteiger partial charge in [0.2, 0.25) is 10.0 Å². The second-order valence-corrected chi connectivity index (χ2v) is 6.48. The molecule has 3 N–H and O–H groups in total. The van der Waals surface area contributed by atoms with Gasteiger partial charge in [0, 0.05) is 13.1 Å². The van der Waals surface area contributed by atoms with Gasteiger partial charge in [0.25, 0.3) is 10.2 Å². The van der Waals surface area contributed by atoms with Gasteiger partial charge in [-0.25, -0.2) is 8.42 Å². The molecular formula is C6H17N3O5S2. The topological polar surface area (TPSA) is 114 Å². The van der Waals surface area contributed by atoms with Crippen LogP contribution in [0.15, 0.2) is 0 Å². The fourth-order valence-electron chi connectivity index (χ4n) is 0.753. The van der Waals surface area contributed by atoms with E-state index >= 15 is 0 Å². The van der Waals surface area contributed by atoms with Gasteiger partial charge in [-0.15, -0.1) is 0 Å². The molecule has 0 aliphatic rings. The van der Waals surface area contributed by atoms with Crippen molar-refractivity contribution in [1.82, 2.24) is 14.2 Å². The fraction of sp³-hybridized carbons (Fsp3) is 1.00. The van der Waals surface area contributed by atoms with E-state index in [9.17, 15) is 16.8 Å². The molecule has 0 bridgehead atoms. The van der Waals surface area contributed by atoms with Crippen LogP contribution in [-0.2, 0) is 25.0 Å². The van der Waals surface area contributed by atoms with Crippen LogP contribution in [0.25, 0.3) is 0 Å². The first-order valence-electron chi connectivity index (χ1n) is 4.47. The van der Waals surface area contributed by atoms with Gasteiger partial charge in [-0.1, -0.05) is 4.13 Å². The molecule has 0 heterocycles. The first-order chi connectivity index (χ1) is 7.27. The molecule has 0 saturated heterocycles. The average molecular weight is 275 g/mol. The number of sulfonamides is 1. The fourth-order valence-corrected chi connectivity index (χ4v) is 2.94. The number of rotatable bonds is 9. The van der Waals surface area contributed by atoms with E-state index in [2.05, 4.69) is 5.32 Å². The zero-order valence-electron chi connectivity index (χ0n) is 9.19. The van der Waals surface area contributed by atoms with Crippen molar-refractivity contribution in [2.45, 2.75) is 0 Å². The molecule has 0 saturated carbocycles. The van der Waals surface area contributed by atoms with Gasteiger partial charge in [0.15, 0.2) is 0 Å². The Balaban J connectivity index is 3.76. The van der Waals surface area contributed by atoms with Crippen LogP contribution in [0.3, 0.4) is 0 Å². The molecule has 0 fully saturated rings. The zero-order valence-corrected chi connectivity index (χ0v) is 10.8. The summed E-state index contributed by atoms with van der Waals surface area (Å²) in [5.41, 5.74) is 0. The van der Waals surface area contributed by atoms with Crippen LogP contribution in [0.5, 0.6) is 0 Å². The summed E-state index contributed by atoms with van der Waals surface area (Å²) in [5, 5.41) is 2.85. The highest BCUT2D eigenvalue weighted by atomic mass is 32.3. The molecule has 0 unspecified atom stereocenters. The maximum atomic E-state index is 11.1. The van der Waals surface area contributed by atoms with Gasteiger partial charge in [-0.2, -0.15) is 13.1 Å². The third-order valence-corrected chi connectivity index (χ3v) is 3.97. The van der Waals surface area contributed by atoms with Crippen molar-refractivity contribution in [2.75, 3.05) is 39.6 Å². The van der Waals surface area contributed by atoms with E-state index in [1.165, 1.54) is 4.13 Å². The number of hydrogen-bond donors (Lipinski definition) is 3. The van der Waals surface area contributed by atoms with Crippen LogP contribution in [0.1, 0.15) is 0 Å². The van der Waals surface area contributed by atoms with E-state index in [4.69, 9.17) is 4.74 Å². The molecule has 8 nitrogen and oxygen atoms in total. The van der Waals surface area contributed by atoms with Crippen molar-refractivity contribution in [3.8, 4) is 0 Å². The van der Waals surface area contributed by atoms with E-state index in [0.29, 0.717) is 13.2 Å². The largest absolute Gasteiger partial charge is 0.379 e. The van der Waals surface area contributed by atoms with Gasteiger partial charge >= 0.3 is 0 Å². The highest BCUT2D eigenvalue weighted by molar-refractivity contribution is 8.03. The molecule has 0 aromatic heterocycles. The Morgan fingerprint density at radius 3 is 2.12 bits per heavy atom. The summed E-state index contributed by atoms with van der Waals surface area (Å²) in [5.74, 6) is 0. The molecule has 0 aromatic carbocycles. The van der Waals surface area contributed by atoms with Crippen molar-refractivity contribution < 1.29 is 21.6 Å². The van der Waals surface area contributed by atoms with Crippen LogP contribution in [0.2, 0.25) is 0 Å². The lowest BCUT2D eigenvalue weighted by Gasteiger charge is -2.07. The summed E-state index contributed by atoms with van der Waals surface area (Å²) in [4.78, 5) is 0. The van der Waals surface area contributed by atoms with Crippen LogP contribution in [0.4, 0.5) is 0 Å². The predicted molar refractivity (Wildman–Crippen MR) is 59.6 cm³/mol. The minimum Gasteiger partial charge on any atom is -0.379 e. The maximum Gasteiger partial charge on any atom is 0.290 e. The molecule has 0 radical (unpaired) electrons. The van der Waals surface area contributed by atoms with E-state index in [1.807, 2.05) is 4.72 Å². The minimum atomic E-state index is -4.02. The predicted octanol–water partition coefficient (Wildman–Crippen LogP) is -2.39. The van der Waals surface area contributed by atoms with Gasteiger partial charge in [0.05, 0.1) is 19.5 Å². The Morgan fingerprint density at radius 2 is 1.62 bits per heavy atom. The maximum absolute atomic E-state index is 11.1. The summed E-state index contributed by atoms with van der Waals surface area (Å²) in [6.45, 7) is 1.30. The highest BCUT2D eigenvalue weighted by Gasteiger charge is 2.14. The van der Waals surface area contributed by atoms with Crippen LogP contribution in [-0.4, -0.2) is 56.4 Å². The van der Waals surface area contributed by atoms with E-state index in [-0.39, 0.29) is 13.2 Å². The highest BCUT2D eigenvalue weighted by Crippen LogP contribution is 1.82. The minimum absolute atomic E-state index is 0.00850. The Bertz CT molecular complexity index is 377. The first kappa shape index (κ1) is 15.7. The van der Waals surface area contributed by atoms with Crippen molar-refractivity contribution in [3.05, 3.63) is 0 Å². The van der Waals surface area contributed by atoms with Crippen molar-refractivity contribution in [2.24, 2.45) is 0 Å². The third-order valence-electron chi connectivity index (χ3n) is 1.30. The molecule has 0 aliphatic carbocycles. The molecule has 16 heavy (non-hydrogen) atoms. The third kappa shape index (κ3) is 10.3. The van der Waals surface area contributed by atoms with Crippen molar-refractivity contribution >= 4 is 20.2 Å². The Labute approximate surface area is 96.0 Å². The van der Waals surface area contributed by atoms with Gasteiger partial charge in [0.1, 0.15) is 0 Å². The number of nitrogens with one attached hydrogen (secondary N) is 3. The molecule has 0 amide bonds. The molecular weight excluding hydrogens is 258 g/mol. The monoisotopic (exact) mass is 275 g/mol. The summed E-state index contributed by atoms with van der Waals surface area (Å²) < 4.78 is 52.0. The summed E-state index contributed by atoms with van der Waals surface area (Å²) >= 11 is 0. The summed E-state index contributed by atoms with van der Waals surface area (Å²) in [7, 11) is -6.03. The van der Waals surface area contributed by atoms with Gasteiger partial charge in [-0.05, 0) is 7.05 Å². The van der Waals surface area contributed by atoms with Crippen LogP contribution >= 0.6 is 0 Å². The second kappa shape index (κ2) is 7.14. The Hall–Kier alpha value is -0.260. The molecule has 0 spiro atoms. The lowest BCUT2D eigenvalue weighted by molar-refractivity contribution is 0.142. The summed E-state index contributed by atoms with van der Waals surface area (Å²) in [6, 6.07) is 0. The quantitative estimate of drug-likeness (QED) is 0.404. The normalized spacial score (nSPS) is 12.9. The van der Waals surface area contributed by atoms with Gasteiger partial charge in [-0.3, -0.25) is 0 Å². The Kier molecular flexibility index (Phi) is 7.03. The molecule has 10 heteroatoms. The number of ether oxygens (including phenoxy) is 1. The molecule has 0 rings (SSSR count). The molecule has 98 valence electrons. The SMILES string of the molecule is CNCCOCCNS(=O)(=O)NS(C)(=O)=O. The smallest absolute Gasteiger partial charge is 0.290 e. The van der Waals surface area contributed by atoms with Crippen molar-refractivity contribution in [3.63, 3.8) is 0 Å². The average Bonchev–Trinajstić information content (AvgIpc) is 2.06. The zero-order chi connectivity index (χ0) is 12.7. The van der Waals surface area contributed by atoms with Crippen molar-refractivity contribution in [1.29, 1.82) is 0 Å².